The summed E-state index contributed by atoms with van der Waals surface area (Å²) >= 11 is 0. The number of amides is 4. The van der Waals surface area contributed by atoms with Gasteiger partial charge in [0.2, 0.25) is 0 Å². The number of aryl methyl sites for hydroxylation is 1. The van der Waals surface area contributed by atoms with E-state index in [1.807, 2.05) is 26.0 Å². The second kappa shape index (κ2) is 13.0. The van der Waals surface area contributed by atoms with Crippen molar-refractivity contribution in [2.24, 2.45) is 0 Å². The number of benzene rings is 3. The molecule has 1 heterocycles. The fourth-order valence-electron chi connectivity index (χ4n) is 4.19. The van der Waals surface area contributed by atoms with Gasteiger partial charge in [-0.25, -0.2) is 9.69 Å². The van der Waals surface area contributed by atoms with Crippen molar-refractivity contribution in [3.63, 3.8) is 0 Å². The lowest BCUT2D eigenvalue weighted by atomic mass is 9.99. The third-order valence-electron chi connectivity index (χ3n) is 6.64. The van der Waals surface area contributed by atoms with Gasteiger partial charge >= 0.3 is 6.03 Å². The summed E-state index contributed by atoms with van der Waals surface area (Å²) in [6, 6.07) is 19.3. The largest absolute Gasteiger partial charge is 0.490 e. The molecule has 4 rings (SSSR count). The normalized spacial score (nSPS) is 15.2. The van der Waals surface area contributed by atoms with Crippen LogP contribution in [0, 0.1) is 6.92 Å². The molecule has 1 aliphatic heterocycles. The van der Waals surface area contributed by atoms with Crippen LogP contribution in [-0.4, -0.2) is 37.7 Å². The van der Waals surface area contributed by atoms with Crippen LogP contribution in [0.25, 0.3) is 6.08 Å². The summed E-state index contributed by atoms with van der Waals surface area (Å²) in [5, 5.41) is 2.24. The van der Waals surface area contributed by atoms with Crippen molar-refractivity contribution in [3.8, 4) is 17.2 Å². The maximum Gasteiger partial charge on any atom is 0.335 e. The molecule has 0 radical (unpaired) electrons. The number of nitrogens with one attached hydrogen (secondary N) is 1. The fourth-order valence-corrected chi connectivity index (χ4v) is 4.19. The summed E-state index contributed by atoms with van der Waals surface area (Å²) in [7, 11) is 0. The van der Waals surface area contributed by atoms with E-state index >= 15 is 0 Å². The number of barbiturate groups is 1. The van der Waals surface area contributed by atoms with Gasteiger partial charge in [-0.05, 0) is 79.8 Å². The van der Waals surface area contributed by atoms with Gasteiger partial charge in [0.15, 0.2) is 11.5 Å². The van der Waals surface area contributed by atoms with Crippen LogP contribution in [-0.2, 0) is 9.59 Å². The molecule has 4 amide bonds. The molecule has 1 N–H and O–H groups in total. The zero-order valence-corrected chi connectivity index (χ0v) is 23.2. The summed E-state index contributed by atoms with van der Waals surface area (Å²) in [6.07, 6.45) is 2.52. The van der Waals surface area contributed by atoms with Gasteiger partial charge in [-0.1, -0.05) is 49.7 Å². The molecule has 1 atom stereocenters. The van der Waals surface area contributed by atoms with Gasteiger partial charge in [0.05, 0.1) is 12.3 Å². The van der Waals surface area contributed by atoms with Gasteiger partial charge in [0, 0.05) is 0 Å². The maximum absolute atomic E-state index is 13.2. The summed E-state index contributed by atoms with van der Waals surface area (Å²) in [6.45, 7) is 9.15. The first kappa shape index (κ1) is 28.4. The van der Waals surface area contributed by atoms with Crippen molar-refractivity contribution in [2.45, 2.75) is 40.0 Å². The average Bonchev–Trinajstić information content (AvgIpc) is 2.95. The Labute approximate surface area is 234 Å². The van der Waals surface area contributed by atoms with Gasteiger partial charge in [-0.2, -0.15) is 0 Å². The Morgan fingerprint density at radius 2 is 1.55 bits per heavy atom. The minimum absolute atomic E-state index is 0.163. The van der Waals surface area contributed by atoms with E-state index in [0.717, 1.165) is 22.6 Å². The molecule has 0 aromatic heterocycles. The zero-order valence-electron chi connectivity index (χ0n) is 23.2. The third-order valence-corrected chi connectivity index (χ3v) is 6.64. The van der Waals surface area contributed by atoms with Crippen LogP contribution in [0.3, 0.4) is 0 Å². The lowest BCUT2D eigenvalue weighted by molar-refractivity contribution is -0.122. The Kier molecular flexibility index (Phi) is 9.22. The van der Waals surface area contributed by atoms with E-state index in [1.54, 1.807) is 42.5 Å². The predicted molar refractivity (Wildman–Crippen MR) is 154 cm³/mol. The first-order valence-corrected chi connectivity index (χ1v) is 13.4. The number of hydrogen-bond donors (Lipinski definition) is 1. The highest BCUT2D eigenvalue weighted by atomic mass is 16.5. The smallest absolute Gasteiger partial charge is 0.335 e. The number of imide groups is 2. The molecule has 3 aromatic rings. The van der Waals surface area contributed by atoms with E-state index in [-0.39, 0.29) is 5.57 Å². The number of urea groups is 1. The van der Waals surface area contributed by atoms with Crippen molar-refractivity contribution < 1.29 is 28.6 Å². The van der Waals surface area contributed by atoms with Crippen LogP contribution in [0.2, 0.25) is 0 Å². The van der Waals surface area contributed by atoms with Crippen molar-refractivity contribution in [1.29, 1.82) is 0 Å². The molecule has 0 saturated carbocycles. The molecule has 0 spiro atoms. The zero-order chi connectivity index (χ0) is 28.6. The molecule has 1 unspecified atom stereocenters. The quantitative estimate of drug-likeness (QED) is 0.181. The van der Waals surface area contributed by atoms with Crippen molar-refractivity contribution in [3.05, 3.63) is 89.0 Å². The van der Waals surface area contributed by atoms with E-state index in [0.29, 0.717) is 48.5 Å². The highest BCUT2D eigenvalue weighted by Gasteiger charge is 2.36. The molecule has 8 heteroatoms. The summed E-state index contributed by atoms with van der Waals surface area (Å²) < 4.78 is 17.5. The summed E-state index contributed by atoms with van der Waals surface area (Å²) in [5.74, 6) is 0.793. The van der Waals surface area contributed by atoms with Crippen LogP contribution in [0.1, 0.15) is 49.8 Å². The van der Waals surface area contributed by atoms with Crippen molar-refractivity contribution in [1.82, 2.24) is 5.32 Å². The molecule has 1 saturated heterocycles. The Morgan fingerprint density at radius 1 is 0.850 bits per heavy atom. The maximum atomic E-state index is 13.2. The van der Waals surface area contributed by atoms with Crippen LogP contribution in [0.4, 0.5) is 10.5 Å². The molecule has 1 aliphatic rings. The molecule has 0 bridgehead atoms. The summed E-state index contributed by atoms with van der Waals surface area (Å²) in [5.41, 5.74) is 3.02. The van der Waals surface area contributed by atoms with Gasteiger partial charge in [-0.15, -0.1) is 0 Å². The van der Waals surface area contributed by atoms with Crippen LogP contribution in [0.5, 0.6) is 17.2 Å². The number of carbonyl (C=O) groups excluding carboxylic acids is 3. The number of hydrogen-bond acceptors (Lipinski definition) is 6. The van der Waals surface area contributed by atoms with Crippen LogP contribution < -0.4 is 24.4 Å². The van der Waals surface area contributed by atoms with Crippen molar-refractivity contribution >= 4 is 29.6 Å². The minimum Gasteiger partial charge on any atom is -0.490 e. The Bertz CT molecular complexity index is 1400. The predicted octanol–water partition coefficient (Wildman–Crippen LogP) is 6.03. The minimum atomic E-state index is -0.788. The van der Waals surface area contributed by atoms with E-state index in [2.05, 4.69) is 31.3 Å². The van der Waals surface area contributed by atoms with Gasteiger partial charge in [0.1, 0.15) is 24.5 Å². The molecular formula is C32H34N2O6. The van der Waals surface area contributed by atoms with Crippen molar-refractivity contribution in [2.75, 3.05) is 24.7 Å². The average molecular weight is 543 g/mol. The van der Waals surface area contributed by atoms with Gasteiger partial charge in [0.25, 0.3) is 11.8 Å². The SMILES string of the molecule is CCOc1cc(/C=C2\C(=O)NC(=O)N(c3ccc(C)cc3)C2=O)ccc1OCCOc1ccc(C(C)CC)cc1. The lowest BCUT2D eigenvalue weighted by Crippen LogP contribution is -2.54. The highest BCUT2D eigenvalue weighted by Crippen LogP contribution is 2.30. The Hall–Kier alpha value is -4.59. The van der Waals surface area contributed by atoms with Crippen LogP contribution >= 0.6 is 0 Å². The molecule has 3 aromatic carbocycles. The summed E-state index contributed by atoms with van der Waals surface area (Å²) in [4.78, 5) is 39.1. The monoisotopic (exact) mass is 542 g/mol. The Morgan fingerprint density at radius 3 is 2.23 bits per heavy atom. The second-order valence-electron chi connectivity index (χ2n) is 9.51. The fraction of sp³-hybridized carbons (Fsp3) is 0.281. The molecular weight excluding hydrogens is 508 g/mol. The molecule has 40 heavy (non-hydrogen) atoms. The second-order valence-corrected chi connectivity index (χ2v) is 9.51. The van der Waals surface area contributed by atoms with E-state index in [4.69, 9.17) is 14.2 Å². The first-order chi connectivity index (χ1) is 19.3. The molecule has 1 fully saturated rings. The highest BCUT2D eigenvalue weighted by molar-refractivity contribution is 6.39. The van der Waals surface area contributed by atoms with E-state index < -0.39 is 17.8 Å². The van der Waals surface area contributed by atoms with Gasteiger partial charge < -0.3 is 14.2 Å². The lowest BCUT2D eigenvalue weighted by Gasteiger charge is -2.26. The number of anilines is 1. The molecule has 0 aliphatic carbocycles. The Balaban J connectivity index is 1.45. The van der Waals surface area contributed by atoms with E-state index in [1.165, 1.54) is 11.6 Å². The molecule has 208 valence electrons. The number of nitrogens with zero attached hydrogens (tertiary/aromatic N) is 1. The first-order valence-electron chi connectivity index (χ1n) is 13.4. The topological polar surface area (TPSA) is 94.2 Å². The van der Waals surface area contributed by atoms with Crippen LogP contribution in [0.15, 0.2) is 72.3 Å². The number of carbonyl (C=O) groups is 3. The number of ether oxygens (including phenoxy) is 3. The third kappa shape index (κ3) is 6.69. The standard InChI is InChI=1S/C32H34N2O6/c1-5-22(4)24-10-14-26(15-11-24)39-17-18-40-28-16-9-23(20-29(28)38-6-2)19-27-30(35)33-32(37)34(31(27)36)25-12-7-21(3)8-13-25/h7-16,19-20,22H,5-6,17-18H2,1-4H3,(H,33,35,37)/b27-19+. The number of rotatable bonds is 11. The molecule has 8 nitrogen and oxygen atoms in total. The van der Waals surface area contributed by atoms with E-state index in [9.17, 15) is 14.4 Å². The van der Waals surface area contributed by atoms with Gasteiger partial charge in [-0.3, -0.25) is 14.9 Å².